The number of unbranched alkanes of at least 4 members (excludes halogenated alkanes) is 1. The summed E-state index contributed by atoms with van der Waals surface area (Å²) in [6, 6.07) is 4.74. The molecule has 0 spiro atoms. The molecule has 0 aromatic heterocycles. The molecular weight excluding hydrogens is 308 g/mol. The Kier molecular flexibility index (Phi) is 6.35. The molecule has 1 aromatic carbocycles. The fourth-order valence-corrected chi connectivity index (χ4v) is 2.40. The van der Waals surface area contributed by atoms with Gasteiger partial charge in [-0.2, -0.15) is 8.78 Å². The lowest BCUT2D eigenvalue weighted by molar-refractivity contribution is -0.0517. The average molecular weight is 323 g/mol. The summed E-state index contributed by atoms with van der Waals surface area (Å²) in [5.41, 5.74) is 0. The Morgan fingerprint density at radius 2 is 2.00 bits per heavy atom. The summed E-state index contributed by atoms with van der Waals surface area (Å²) >= 11 is 0. The summed E-state index contributed by atoms with van der Waals surface area (Å²) in [5, 5.41) is 0. The van der Waals surface area contributed by atoms with Gasteiger partial charge in [0.1, 0.15) is 10.6 Å². The molecule has 6 nitrogen and oxygen atoms in total. The molecule has 0 unspecified atom stereocenters. The third-order valence-electron chi connectivity index (χ3n) is 2.30. The lowest BCUT2D eigenvalue weighted by Crippen LogP contribution is -2.31. The van der Waals surface area contributed by atoms with Gasteiger partial charge >= 0.3 is 12.7 Å². The first-order valence-electron chi connectivity index (χ1n) is 6.10. The topological polar surface area (TPSA) is 81.7 Å². The molecule has 1 aromatic rings. The molecular formula is C12H15F2NO5S. The number of carbonyl (C=O) groups is 1. The standard InChI is InChI=1S/C12H15F2NO5S/c1-2-3-8-19-12(16)15-21(17,18)10-7-5-4-6-9(10)20-11(13)14/h4-7,11H,2-3,8H2,1H3,(H,15,16). The fourth-order valence-electron chi connectivity index (χ4n) is 1.37. The van der Waals surface area contributed by atoms with Crippen LogP contribution in [0.3, 0.4) is 0 Å². The maximum Gasteiger partial charge on any atom is 0.421 e. The van der Waals surface area contributed by atoms with Crippen LogP contribution >= 0.6 is 0 Å². The van der Waals surface area contributed by atoms with Crippen LogP contribution in [0.15, 0.2) is 29.2 Å². The Labute approximate surface area is 121 Å². The Hall–Kier alpha value is -1.90. The van der Waals surface area contributed by atoms with Crippen LogP contribution in [-0.2, 0) is 14.8 Å². The minimum Gasteiger partial charge on any atom is -0.449 e. The van der Waals surface area contributed by atoms with E-state index in [0.29, 0.717) is 6.42 Å². The van der Waals surface area contributed by atoms with Gasteiger partial charge in [-0.3, -0.25) is 0 Å². The number of hydrogen-bond acceptors (Lipinski definition) is 5. The van der Waals surface area contributed by atoms with Crippen LogP contribution in [-0.4, -0.2) is 27.7 Å². The van der Waals surface area contributed by atoms with Crippen molar-refractivity contribution in [3.63, 3.8) is 0 Å². The lowest BCUT2D eigenvalue weighted by atomic mass is 10.3. The van der Waals surface area contributed by atoms with Gasteiger partial charge in [-0.05, 0) is 18.6 Å². The van der Waals surface area contributed by atoms with E-state index in [0.717, 1.165) is 18.6 Å². The number of benzene rings is 1. The van der Waals surface area contributed by atoms with Crippen molar-refractivity contribution in [2.75, 3.05) is 6.61 Å². The van der Waals surface area contributed by atoms with Gasteiger partial charge in [0.15, 0.2) is 0 Å². The quantitative estimate of drug-likeness (QED) is 0.780. The fraction of sp³-hybridized carbons (Fsp3) is 0.417. The minimum atomic E-state index is -4.36. The van der Waals surface area contributed by atoms with Crippen LogP contribution in [0.25, 0.3) is 0 Å². The summed E-state index contributed by atoms with van der Waals surface area (Å²) in [7, 11) is -4.36. The molecule has 0 heterocycles. The smallest absolute Gasteiger partial charge is 0.421 e. The maximum atomic E-state index is 12.2. The van der Waals surface area contributed by atoms with Gasteiger partial charge in [0, 0.05) is 0 Å². The van der Waals surface area contributed by atoms with Crippen molar-refractivity contribution in [1.29, 1.82) is 0 Å². The van der Waals surface area contributed by atoms with E-state index in [4.69, 9.17) is 0 Å². The number of hydrogen-bond donors (Lipinski definition) is 1. The second-order valence-corrected chi connectivity index (χ2v) is 5.57. The number of sulfonamides is 1. The van der Waals surface area contributed by atoms with Crippen molar-refractivity contribution < 1.29 is 31.5 Å². The third kappa shape index (κ3) is 5.54. The van der Waals surface area contributed by atoms with Crippen molar-refractivity contribution in [2.24, 2.45) is 0 Å². The van der Waals surface area contributed by atoms with E-state index in [1.165, 1.54) is 12.1 Å². The Balaban J connectivity index is 2.85. The second-order valence-electron chi connectivity index (χ2n) is 3.92. The first kappa shape index (κ1) is 17.2. The normalized spacial score (nSPS) is 11.2. The van der Waals surface area contributed by atoms with Crippen molar-refractivity contribution in [1.82, 2.24) is 4.72 Å². The van der Waals surface area contributed by atoms with Crippen LogP contribution in [0, 0.1) is 0 Å². The number of ether oxygens (including phenoxy) is 2. The van der Waals surface area contributed by atoms with E-state index in [1.54, 1.807) is 4.72 Å². The number of nitrogens with one attached hydrogen (secondary N) is 1. The molecule has 0 aliphatic heterocycles. The number of para-hydroxylation sites is 1. The Morgan fingerprint density at radius 1 is 1.33 bits per heavy atom. The minimum absolute atomic E-state index is 0.0625. The first-order chi connectivity index (χ1) is 9.86. The largest absolute Gasteiger partial charge is 0.449 e. The highest BCUT2D eigenvalue weighted by Crippen LogP contribution is 2.24. The number of alkyl halides is 2. The molecule has 21 heavy (non-hydrogen) atoms. The number of rotatable bonds is 7. The molecule has 0 bridgehead atoms. The molecule has 0 atom stereocenters. The van der Waals surface area contributed by atoms with Crippen LogP contribution in [0.1, 0.15) is 19.8 Å². The predicted octanol–water partition coefficient (Wildman–Crippen LogP) is 2.50. The summed E-state index contributed by atoms with van der Waals surface area (Å²) in [6.45, 7) is -1.25. The van der Waals surface area contributed by atoms with E-state index in [-0.39, 0.29) is 6.61 Å². The zero-order valence-corrected chi connectivity index (χ0v) is 12.0. The SMILES string of the molecule is CCCCOC(=O)NS(=O)(=O)c1ccccc1OC(F)F. The predicted molar refractivity (Wildman–Crippen MR) is 69.7 cm³/mol. The second kappa shape index (κ2) is 7.77. The highest BCUT2D eigenvalue weighted by atomic mass is 32.2. The molecule has 0 saturated heterocycles. The van der Waals surface area contributed by atoms with E-state index in [9.17, 15) is 22.0 Å². The number of carbonyl (C=O) groups excluding carboxylic acids is 1. The van der Waals surface area contributed by atoms with Gasteiger partial charge < -0.3 is 9.47 Å². The Bertz CT molecular complexity index is 577. The number of halogens is 2. The van der Waals surface area contributed by atoms with Crippen molar-refractivity contribution >= 4 is 16.1 Å². The maximum absolute atomic E-state index is 12.2. The summed E-state index contributed by atoms with van der Waals surface area (Å²) in [5.74, 6) is -0.554. The highest BCUT2D eigenvalue weighted by molar-refractivity contribution is 7.90. The van der Waals surface area contributed by atoms with E-state index in [2.05, 4.69) is 9.47 Å². The molecule has 0 fully saturated rings. The summed E-state index contributed by atoms with van der Waals surface area (Å²) < 4.78 is 58.7. The zero-order valence-electron chi connectivity index (χ0n) is 11.2. The van der Waals surface area contributed by atoms with Crippen LogP contribution < -0.4 is 9.46 Å². The van der Waals surface area contributed by atoms with Crippen LogP contribution in [0.2, 0.25) is 0 Å². The van der Waals surface area contributed by atoms with Crippen molar-refractivity contribution in [3.8, 4) is 5.75 Å². The molecule has 0 aliphatic carbocycles. The molecule has 118 valence electrons. The average Bonchev–Trinajstić information content (AvgIpc) is 2.38. The summed E-state index contributed by atoms with van der Waals surface area (Å²) in [6.07, 6.45) is 0.180. The van der Waals surface area contributed by atoms with Gasteiger partial charge in [0.25, 0.3) is 10.0 Å². The zero-order chi connectivity index (χ0) is 15.9. The summed E-state index contributed by atoms with van der Waals surface area (Å²) in [4.78, 5) is 10.8. The van der Waals surface area contributed by atoms with Crippen molar-refractivity contribution in [3.05, 3.63) is 24.3 Å². The van der Waals surface area contributed by atoms with Gasteiger partial charge in [0.2, 0.25) is 0 Å². The van der Waals surface area contributed by atoms with Crippen molar-refractivity contribution in [2.45, 2.75) is 31.3 Å². The molecule has 1 rings (SSSR count). The monoisotopic (exact) mass is 323 g/mol. The molecule has 9 heteroatoms. The molecule has 0 radical (unpaired) electrons. The molecule has 1 amide bonds. The first-order valence-corrected chi connectivity index (χ1v) is 7.58. The van der Waals surface area contributed by atoms with Gasteiger partial charge in [-0.1, -0.05) is 25.5 Å². The van der Waals surface area contributed by atoms with E-state index in [1.807, 2.05) is 6.92 Å². The lowest BCUT2D eigenvalue weighted by Gasteiger charge is -2.12. The van der Waals surface area contributed by atoms with Crippen LogP contribution in [0.4, 0.5) is 13.6 Å². The van der Waals surface area contributed by atoms with E-state index >= 15 is 0 Å². The van der Waals surface area contributed by atoms with Gasteiger partial charge in [-0.15, -0.1) is 0 Å². The Morgan fingerprint density at radius 3 is 2.62 bits per heavy atom. The number of amides is 1. The molecule has 0 aliphatic rings. The van der Waals surface area contributed by atoms with E-state index < -0.39 is 33.4 Å². The molecule has 0 saturated carbocycles. The third-order valence-corrected chi connectivity index (χ3v) is 3.66. The highest BCUT2D eigenvalue weighted by Gasteiger charge is 2.24. The van der Waals surface area contributed by atoms with Gasteiger partial charge in [0.05, 0.1) is 6.61 Å². The van der Waals surface area contributed by atoms with Gasteiger partial charge in [-0.25, -0.2) is 17.9 Å². The van der Waals surface area contributed by atoms with Crippen LogP contribution in [0.5, 0.6) is 5.75 Å². The molecule has 1 N–H and O–H groups in total.